The summed E-state index contributed by atoms with van der Waals surface area (Å²) in [5.74, 6) is -0.759. The Balaban J connectivity index is 2.72. The van der Waals surface area contributed by atoms with Crippen LogP contribution < -0.4 is 0 Å². The van der Waals surface area contributed by atoms with Crippen LogP contribution in [0.5, 0.6) is 0 Å². The van der Waals surface area contributed by atoms with E-state index in [-0.39, 0.29) is 11.9 Å². The zero-order chi connectivity index (χ0) is 12.8. The number of carbonyl (C=O) groups is 1. The third-order valence-electron chi connectivity index (χ3n) is 2.89. The van der Waals surface area contributed by atoms with Gasteiger partial charge in [-0.3, -0.25) is 4.79 Å². The van der Waals surface area contributed by atoms with Gasteiger partial charge >= 0.3 is 5.97 Å². The van der Waals surface area contributed by atoms with Gasteiger partial charge < -0.3 is 9.84 Å². The monoisotopic (exact) mass is 236 g/mol. The van der Waals surface area contributed by atoms with Crippen LogP contribution in [0, 0.1) is 11.8 Å². The van der Waals surface area contributed by atoms with E-state index < -0.39 is 12.0 Å². The fraction of sp³-hybridized carbons (Fsp3) is 0.500. The Morgan fingerprint density at radius 3 is 2.35 bits per heavy atom. The van der Waals surface area contributed by atoms with Crippen molar-refractivity contribution in [2.24, 2.45) is 11.8 Å². The van der Waals surface area contributed by atoms with Crippen LogP contribution in [-0.4, -0.2) is 24.3 Å². The van der Waals surface area contributed by atoms with Crippen LogP contribution in [0.25, 0.3) is 0 Å². The van der Waals surface area contributed by atoms with Crippen LogP contribution in [0.15, 0.2) is 30.3 Å². The summed E-state index contributed by atoms with van der Waals surface area (Å²) < 4.78 is 4.73. The number of aliphatic hydroxyl groups excluding tert-OH is 1. The Hall–Kier alpha value is -1.35. The highest BCUT2D eigenvalue weighted by Crippen LogP contribution is 2.20. The number of ether oxygens (including phenoxy) is 1. The first-order chi connectivity index (χ1) is 8.06. The third kappa shape index (κ3) is 3.86. The molecular formula is C14H20O3. The minimum absolute atomic E-state index is 0.0566. The van der Waals surface area contributed by atoms with Crippen molar-refractivity contribution in [3.8, 4) is 0 Å². The maximum atomic E-state index is 11.6. The minimum atomic E-state index is -0.704. The van der Waals surface area contributed by atoms with Crippen molar-refractivity contribution in [1.82, 2.24) is 0 Å². The van der Waals surface area contributed by atoms with Crippen LogP contribution in [0.2, 0.25) is 0 Å². The first-order valence-corrected chi connectivity index (χ1v) is 5.86. The van der Waals surface area contributed by atoms with Crippen molar-refractivity contribution in [3.05, 3.63) is 35.9 Å². The second kappa shape index (κ2) is 6.40. The van der Waals surface area contributed by atoms with Gasteiger partial charge in [0.2, 0.25) is 0 Å². The zero-order valence-electron chi connectivity index (χ0n) is 10.6. The molecule has 3 nitrogen and oxygen atoms in total. The molecule has 0 aliphatic carbocycles. The van der Waals surface area contributed by atoms with Crippen molar-refractivity contribution in [2.75, 3.05) is 7.11 Å². The van der Waals surface area contributed by atoms with Crippen molar-refractivity contribution in [1.29, 1.82) is 0 Å². The number of hydrogen-bond donors (Lipinski definition) is 1. The number of methoxy groups -OCH3 is 1. The highest BCUT2D eigenvalue weighted by atomic mass is 16.5. The number of benzene rings is 1. The summed E-state index contributed by atoms with van der Waals surface area (Å²) in [6.45, 7) is 3.82. The normalized spacial score (nSPS) is 14.4. The number of carbonyl (C=O) groups excluding carboxylic acids is 1. The second-order valence-corrected chi connectivity index (χ2v) is 4.55. The van der Waals surface area contributed by atoms with Gasteiger partial charge in [0.15, 0.2) is 0 Å². The maximum Gasteiger partial charge on any atom is 0.311 e. The van der Waals surface area contributed by atoms with Crippen LogP contribution in [0.3, 0.4) is 0 Å². The summed E-state index contributed by atoms with van der Waals surface area (Å²) in [5, 5.41) is 10.1. The Bertz CT molecular complexity index is 346. The van der Waals surface area contributed by atoms with Gasteiger partial charge in [-0.2, -0.15) is 0 Å². The molecule has 0 heterocycles. The SMILES string of the molecule is COC(=O)C(C(C)C)C(O)Cc1ccccc1. The van der Waals surface area contributed by atoms with Gasteiger partial charge in [-0.15, -0.1) is 0 Å². The molecule has 0 radical (unpaired) electrons. The summed E-state index contributed by atoms with van der Waals surface area (Å²) in [6, 6.07) is 9.65. The largest absolute Gasteiger partial charge is 0.469 e. The smallest absolute Gasteiger partial charge is 0.311 e. The van der Waals surface area contributed by atoms with Gasteiger partial charge in [-0.25, -0.2) is 0 Å². The van der Waals surface area contributed by atoms with Crippen LogP contribution in [-0.2, 0) is 16.0 Å². The standard InChI is InChI=1S/C14H20O3/c1-10(2)13(14(16)17-3)12(15)9-11-7-5-4-6-8-11/h4-8,10,12-13,15H,9H2,1-3H3. The lowest BCUT2D eigenvalue weighted by molar-refractivity contribution is -0.151. The maximum absolute atomic E-state index is 11.6. The molecule has 0 saturated carbocycles. The lowest BCUT2D eigenvalue weighted by Gasteiger charge is -2.23. The molecule has 0 aromatic heterocycles. The van der Waals surface area contributed by atoms with E-state index in [2.05, 4.69) is 0 Å². The Morgan fingerprint density at radius 2 is 1.88 bits per heavy atom. The molecular weight excluding hydrogens is 216 g/mol. The average molecular weight is 236 g/mol. The van der Waals surface area contributed by atoms with E-state index >= 15 is 0 Å². The summed E-state index contributed by atoms with van der Waals surface area (Å²) >= 11 is 0. The fourth-order valence-electron chi connectivity index (χ4n) is 1.99. The highest BCUT2D eigenvalue weighted by molar-refractivity contribution is 5.73. The Labute approximate surface area is 102 Å². The zero-order valence-corrected chi connectivity index (χ0v) is 10.6. The van der Waals surface area contributed by atoms with Crippen molar-refractivity contribution in [3.63, 3.8) is 0 Å². The van der Waals surface area contributed by atoms with Gasteiger partial charge in [0.1, 0.15) is 0 Å². The molecule has 0 aliphatic rings. The first kappa shape index (κ1) is 13.7. The fourth-order valence-corrected chi connectivity index (χ4v) is 1.99. The summed E-state index contributed by atoms with van der Waals surface area (Å²) in [4.78, 5) is 11.6. The molecule has 0 fully saturated rings. The van der Waals surface area contributed by atoms with Gasteiger partial charge in [0.05, 0.1) is 19.1 Å². The van der Waals surface area contributed by atoms with Gasteiger partial charge in [-0.1, -0.05) is 44.2 Å². The lowest BCUT2D eigenvalue weighted by Crippen LogP contribution is -2.34. The Kier molecular flexibility index (Phi) is 5.16. The lowest BCUT2D eigenvalue weighted by atomic mass is 9.87. The van der Waals surface area contributed by atoms with E-state index in [1.165, 1.54) is 7.11 Å². The molecule has 2 atom stereocenters. The van der Waals surface area contributed by atoms with E-state index in [1.54, 1.807) is 0 Å². The van der Waals surface area contributed by atoms with E-state index in [9.17, 15) is 9.90 Å². The molecule has 0 bridgehead atoms. The minimum Gasteiger partial charge on any atom is -0.469 e. The first-order valence-electron chi connectivity index (χ1n) is 5.86. The van der Waals surface area contributed by atoms with E-state index in [0.29, 0.717) is 6.42 Å². The number of aliphatic hydroxyl groups is 1. The predicted octanol–water partition coefficient (Wildman–Crippen LogP) is 2.04. The van der Waals surface area contributed by atoms with E-state index in [4.69, 9.17) is 4.74 Å². The molecule has 17 heavy (non-hydrogen) atoms. The molecule has 0 spiro atoms. The van der Waals surface area contributed by atoms with Crippen molar-refractivity contribution < 1.29 is 14.6 Å². The molecule has 3 heteroatoms. The van der Waals surface area contributed by atoms with Gasteiger partial charge in [0, 0.05) is 0 Å². The average Bonchev–Trinajstić information content (AvgIpc) is 2.29. The molecule has 94 valence electrons. The van der Waals surface area contributed by atoms with Crippen LogP contribution in [0.1, 0.15) is 19.4 Å². The number of hydrogen-bond acceptors (Lipinski definition) is 3. The summed E-state index contributed by atoms with van der Waals surface area (Å²) in [7, 11) is 1.35. The van der Waals surface area contributed by atoms with E-state index in [1.807, 2.05) is 44.2 Å². The molecule has 0 amide bonds. The van der Waals surface area contributed by atoms with Gasteiger partial charge in [0.25, 0.3) is 0 Å². The van der Waals surface area contributed by atoms with Gasteiger partial charge in [-0.05, 0) is 17.9 Å². The highest BCUT2D eigenvalue weighted by Gasteiger charge is 2.30. The van der Waals surface area contributed by atoms with Crippen molar-refractivity contribution >= 4 is 5.97 Å². The molecule has 0 saturated heterocycles. The second-order valence-electron chi connectivity index (χ2n) is 4.55. The third-order valence-corrected chi connectivity index (χ3v) is 2.89. The topological polar surface area (TPSA) is 46.5 Å². The summed E-state index contributed by atoms with van der Waals surface area (Å²) in [5.41, 5.74) is 1.02. The van der Waals surface area contributed by atoms with Crippen molar-refractivity contribution in [2.45, 2.75) is 26.4 Å². The molecule has 1 rings (SSSR count). The summed E-state index contributed by atoms with van der Waals surface area (Å²) in [6.07, 6.45) is -0.233. The quantitative estimate of drug-likeness (QED) is 0.796. The van der Waals surface area contributed by atoms with Crippen LogP contribution >= 0.6 is 0 Å². The predicted molar refractivity (Wildman–Crippen MR) is 66.5 cm³/mol. The molecule has 1 aromatic carbocycles. The van der Waals surface area contributed by atoms with E-state index in [0.717, 1.165) is 5.56 Å². The molecule has 0 aliphatic heterocycles. The molecule has 1 aromatic rings. The molecule has 2 unspecified atom stereocenters. The molecule has 1 N–H and O–H groups in total. The number of rotatable bonds is 5. The van der Waals surface area contributed by atoms with Crippen LogP contribution in [0.4, 0.5) is 0 Å². The Morgan fingerprint density at radius 1 is 1.29 bits per heavy atom. The number of esters is 1.